The molecule has 0 bridgehead atoms. The summed E-state index contributed by atoms with van der Waals surface area (Å²) in [5.74, 6) is 2.53. The van der Waals surface area contributed by atoms with E-state index in [9.17, 15) is 9.59 Å². The molecule has 36 heavy (non-hydrogen) atoms. The Morgan fingerprint density at radius 1 is 0.889 bits per heavy atom. The minimum Gasteiger partial charge on any atom is -0.336 e. The van der Waals surface area contributed by atoms with Crippen molar-refractivity contribution in [2.24, 2.45) is 0 Å². The molecule has 5 rings (SSSR count). The summed E-state index contributed by atoms with van der Waals surface area (Å²) in [5, 5.41) is 1.77. The lowest BCUT2D eigenvalue weighted by Crippen LogP contribution is -2.74. The van der Waals surface area contributed by atoms with Crippen LogP contribution in [-0.2, 0) is 16.0 Å². The fourth-order valence-electron chi connectivity index (χ4n) is 5.28. The van der Waals surface area contributed by atoms with Crippen LogP contribution in [0.3, 0.4) is 0 Å². The second kappa shape index (κ2) is 10.8. The topological polar surface area (TPSA) is 55.9 Å². The van der Waals surface area contributed by atoms with Crippen LogP contribution in [0.4, 0.5) is 0 Å². The van der Waals surface area contributed by atoms with Gasteiger partial charge in [0.1, 0.15) is 12.2 Å². The number of nitrogens with one attached hydrogen (secondary N) is 1. The van der Waals surface area contributed by atoms with Gasteiger partial charge >= 0.3 is 0 Å². The van der Waals surface area contributed by atoms with Gasteiger partial charge in [-0.05, 0) is 16.7 Å². The number of hydrogen-bond donors (Lipinski definition) is 1. The molecule has 0 saturated carbocycles. The van der Waals surface area contributed by atoms with Crippen molar-refractivity contribution in [3.63, 3.8) is 0 Å². The van der Waals surface area contributed by atoms with Crippen molar-refractivity contribution in [1.82, 2.24) is 20.2 Å². The number of amides is 2. The molecule has 3 aromatic carbocycles. The van der Waals surface area contributed by atoms with E-state index in [-0.39, 0.29) is 30.4 Å². The van der Waals surface area contributed by atoms with Crippen molar-refractivity contribution in [2.45, 2.75) is 24.5 Å². The van der Waals surface area contributed by atoms with E-state index in [1.165, 1.54) is 0 Å². The molecule has 0 spiro atoms. The molecule has 1 N–H and O–H groups in total. The lowest BCUT2D eigenvalue weighted by Gasteiger charge is -2.51. The molecule has 2 heterocycles. The molecular weight excluding hydrogens is 448 g/mol. The third-order valence-corrected chi connectivity index (χ3v) is 6.97. The van der Waals surface area contributed by atoms with Crippen LogP contribution >= 0.6 is 0 Å². The molecule has 2 fully saturated rings. The van der Waals surface area contributed by atoms with E-state index in [4.69, 9.17) is 6.42 Å². The summed E-state index contributed by atoms with van der Waals surface area (Å²) in [6, 6.07) is 29.9. The van der Waals surface area contributed by atoms with Crippen molar-refractivity contribution < 1.29 is 9.59 Å². The van der Waals surface area contributed by atoms with Crippen LogP contribution in [0.5, 0.6) is 0 Å². The third kappa shape index (κ3) is 5.03. The maximum absolute atomic E-state index is 14.0. The molecule has 2 amide bonds. The lowest BCUT2D eigenvalue weighted by molar-refractivity contribution is -0.167. The Balaban J connectivity index is 1.48. The van der Waals surface area contributed by atoms with E-state index in [0.29, 0.717) is 26.1 Å². The Bertz CT molecular complexity index is 1190. The number of rotatable bonds is 7. The van der Waals surface area contributed by atoms with E-state index in [1.807, 2.05) is 71.6 Å². The van der Waals surface area contributed by atoms with Gasteiger partial charge in [-0.15, -0.1) is 6.42 Å². The summed E-state index contributed by atoms with van der Waals surface area (Å²) in [5.41, 5.74) is 6.74. The van der Waals surface area contributed by atoms with Crippen molar-refractivity contribution in [3.05, 3.63) is 108 Å². The van der Waals surface area contributed by atoms with Gasteiger partial charge in [-0.1, -0.05) is 96.9 Å². The highest BCUT2D eigenvalue weighted by Crippen LogP contribution is 2.29. The van der Waals surface area contributed by atoms with Crippen LogP contribution in [-0.4, -0.2) is 65.0 Å². The Labute approximate surface area is 212 Å². The predicted octanol–water partition coefficient (Wildman–Crippen LogP) is 2.88. The van der Waals surface area contributed by atoms with E-state index in [2.05, 4.69) is 35.6 Å². The highest BCUT2D eigenvalue weighted by Gasteiger charge is 2.46. The molecule has 0 radical (unpaired) electrons. The average molecular weight is 479 g/mol. The van der Waals surface area contributed by atoms with Crippen LogP contribution in [0.25, 0.3) is 0 Å². The zero-order chi connectivity index (χ0) is 24.9. The average Bonchev–Trinajstić information content (AvgIpc) is 2.91. The molecular formula is C30H30N4O2. The van der Waals surface area contributed by atoms with Crippen LogP contribution < -0.4 is 5.43 Å². The van der Waals surface area contributed by atoms with Crippen LogP contribution in [0.1, 0.15) is 22.6 Å². The molecule has 0 aliphatic carbocycles. The molecule has 182 valence electrons. The number of carbonyl (C=O) groups excluding carboxylic acids is 2. The van der Waals surface area contributed by atoms with Gasteiger partial charge in [0.05, 0.1) is 19.6 Å². The Kier molecular flexibility index (Phi) is 7.13. The lowest BCUT2D eigenvalue weighted by atomic mass is 9.89. The van der Waals surface area contributed by atoms with Gasteiger partial charge in [0.25, 0.3) is 0 Å². The van der Waals surface area contributed by atoms with E-state index >= 15 is 0 Å². The first-order valence-electron chi connectivity index (χ1n) is 12.3. The molecule has 2 saturated heterocycles. The number of hydrazine groups is 1. The quantitative estimate of drug-likeness (QED) is 0.531. The van der Waals surface area contributed by atoms with E-state index in [0.717, 1.165) is 16.7 Å². The zero-order valence-corrected chi connectivity index (χ0v) is 20.2. The van der Waals surface area contributed by atoms with Crippen molar-refractivity contribution >= 4 is 11.8 Å². The molecule has 2 aliphatic heterocycles. The number of hydrogen-bond acceptors (Lipinski definition) is 4. The number of fused-ring (bicyclic) bond motifs is 1. The monoisotopic (exact) mass is 478 g/mol. The first-order chi connectivity index (χ1) is 17.6. The van der Waals surface area contributed by atoms with Crippen LogP contribution in [0, 0.1) is 12.3 Å². The molecule has 0 aromatic heterocycles. The minimum absolute atomic E-state index is 0.0152. The summed E-state index contributed by atoms with van der Waals surface area (Å²) in [6.45, 7) is 1.39. The van der Waals surface area contributed by atoms with Crippen molar-refractivity contribution in [1.29, 1.82) is 0 Å². The molecule has 3 aromatic rings. The fourth-order valence-corrected chi connectivity index (χ4v) is 5.28. The number of piperazine rings is 1. The predicted molar refractivity (Wildman–Crippen MR) is 139 cm³/mol. The third-order valence-electron chi connectivity index (χ3n) is 6.97. The van der Waals surface area contributed by atoms with Gasteiger partial charge in [-0.3, -0.25) is 9.59 Å². The van der Waals surface area contributed by atoms with Crippen molar-refractivity contribution in [2.75, 3.05) is 26.2 Å². The number of carbonyl (C=O) groups is 2. The van der Waals surface area contributed by atoms with Crippen LogP contribution in [0.2, 0.25) is 0 Å². The molecule has 6 nitrogen and oxygen atoms in total. The van der Waals surface area contributed by atoms with E-state index < -0.39 is 6.04 Å². The Morgan fingerprint density at radius 3 is 2.06 bits per heavy atom. The second-order valence-corrected chi connectivity index (χ2v) is 9.33. The normalized spacial score (nSPS) is 20.3. The minimum atomic E-state index is -0.577. The van der Waals surface area contributed by atoms with Gasteiger partial charge in [0.15, 0.2) is 0 Å². The highest BCUT2D eigenvalue weighted by atomic mass is 16.2. The van der Waals surface area contributed by atoms with E-state index in [1.54, 1.807) is 9.91 Å². The number of terminal acetylenes is 1. The van der Waals surface area contributed by atoms with Crippen LogP contribution in [0.15, 0.2) is 91.0 Å². The summed E-state index contributed by atoms with van der Waals surface area (Å²) in [7, 11) is 0. The molecule has 2 aliphatic rings. The highest BCUT2D eigenvalue weighted by molar-refractivity contribution is 5.90. The van der Waals surface area contributed by atoms with Gasteiger partial charge in [-0.2, -0.15) is 0 Å². The molecule has 0 unspecified atom stereocenters. The number of benzene rings is 3. The zero-order valence-electron chi connectivity index (χ0n) is 20.2. The second-order valence-electron chi connectivity index (χ2n) is 9.33. The van der Waals surface area contributed by atoms with Crippen molar-refractivity contribution in [3.8, 4) is 12.3 Å². The van der Waals surface area contributed by atoms with Gasteiger partial charge in [0.2, 0.25) is 11.8 Å². The summed E-state index contributed by atoms with van der Waals surface area (Å²) in [6.07, 6.45) is 5.66. The fraction of sp³-hybridized carbons (Fsp3) is 0.267. The standard InChI is InChI=1S/C30H30N4O2/c1-2-18-33-22-29(35)34-27(19-23-12-6-3-7-13-23)30(36)32(21-28(34)31-33)20-26(24-14-8-4-9-15-24)25-16-10-5-11-17-25/h1,3-17,26-28,31H,18-22H2/t27-,28+/m0/s1. The smallest absolute Gasteiger partial charge is 0.245 e. The summed E-state index contributed by atoms with van der Waals surface area (Å²) < 4.78 is 0. The largest absolute Gasteiger partial charge is 0.336 e. The molecule has 6 heteroatoms. The maximum Gasteiger partial charge on any atom is 0.245 e. The Hall–Kier alpha value is -3.92. The maximum atomic E-state index is 14.0. The Morgan fingerprint density at radius 2 is 1.47 bits per heavy atom. The van der Waals surface area contributed by atoms with Gasteiger partial charge < -0.3 is 9.80 Å². The van der Waals surface area contributed by atoms with Gasteiger partial charge in [0, 0.05) is 18.9 Å². The SMILES string of the molecule is C#CCN1CC(=O)N2[C@H](CN(CC(c3ccccc3)c3ccccc3)C(=O)[C@@H]2Cc2ccccc2)N1. The summed E-state index contributed by atoms with van der Waals surface area (Å²) >= 11 is 0. The molecule has 2 atom stereocenters. The summed E-state index contributed by atoms with van der Waals surface area (Å²) in [4.78, 5) is 30.9. The first-order valence-corrected chi connectivity index (χ1v) is 12.3. The number of nitrogens with zero attached hydrogens (tertiary/aromatic N) is 3. The first kappa shape index (κ1) is 23.8. The van der Waals surface area contributed by atoms with Gasteiger partial charge in [-0.25, -0.2) is 10.4 Å².